The molecule has 2 aromatic rings. The standard InChI is InChI=1S/C18H22FN3O3S/c1-18(2,3)15-10-16(20-17(23)12-4-6-13(19)7-5-12)22(21-15)14-8-9-26(24,25)11-14/h4-7,10,14H,8-9,11H2,1-3H3,(H,20,23)/t14-/m0/s1. The highest BCUT2D eigenvalue weighted by atomic mass is 32.2. The Morgan fingerprint density at radius 3 is 2.46 bits per heavy atom. The number of rotatable bonds is 3. The van der Waals surface area contributed by atoms with Crippen molar-refractivity contribution in [2.45, 2.75) is 38.6 Å². The second kappa shape index (κ2) is 6.50. The van der Waals surface area contributed by atoms with Crippen molar-refractivity contribution < 1.29 is 17.6 Å². The second-order valence-corrected chi connectivity index (χ2v) is 9.86. The molecule has 0 bridgehead atoms. The van der Waals surface area contributed by atoms with Gasteiger partial charge in [0, 0.05) is 17.0 Å². The van der Waals surface area contributed by atoms with Gasteiger partial charge in [-0.2, -0.15) is 5.10 Å². The number of amides is 1. The Balaban J connectivity index is 1.93. The van der Waals surface area contributed by atoms with Crippen molar-refractivity contribution >= 4 is 21.6 Å². The van der Waals surface area contributed by atoms with Gasteiger partial charge < -0.3 is 5.32 Å². The molecule has 1 atom stereocenters. The molecule has 8 heteroatoms. The zero-order chi connectivity index (χ0) is 19.1. The van der Waals surface area contributed by atoms with E-state index in [0.717, 1.165) is 5.69 Å². The Hall–Kier alpha value is -2.22. The number of benzene rings is 1. The second-order valence-electron chi connectivity index (χ2n) is 7.63. The fourth-order valence-electron chi connectivity index (χ4n) is 2.89. The molecule has 1 N–H and O–H groups in total. The third-order valence-electron chi connectivity index (χ3n) is 4.41. The zero-order valence-electron chi connectivity index (χ0n) is 15.0. The molecule has 1 amide bonds. The smallest absolute Gasteiger partial charge is 0.256 e. The molecular formula is C18H22FN3O3S. The van der Waals surface area contributed by atoms with Gasteiger partial charge in [0.25, 0.3) is 5.91 Å². The Labute approximate surface area is 152 Å². The van der Waals surface area contributed by atoms with Crippen molar-refractivity contribution in [1.82, 2.24) is 9.78 Å². The lowest BCUT2D eigenvalue weighted by molar-refractivity contribution is 0.102. The summed E-state index contributed by atoms with van der Waals surface area (Å²) in [4.78, 5) is 12.5. The van der Waals surface area contributed by atoms with E-state index >= 15 is 0 Å². The van der Waals surface area contributed by atoms with Crippen LogP contribution >= 0.6 is 0 Å². The molecule has 1 aromatic carbocycles. The van der Waals surface area contributed by atoms with Crippen molar-refractivity contribution in [3.8, 4) is 0 Å². The fourth-order valence-corrected chi connectivity index (χ4v) is 4.58. The van der Waals surface area contributed by atoms with Crippen LogP contribution in [0.5, 0.6) is 0 Å². The van der Waals surface area contributed by atoms with Crippen LogP contribution in [0.1, 0.15) is 49.3 Å². The maximum Gasteiger partial charge on any atom is 0.256 e. The number of halogens is 1. The number of hydrogen-bond acceptors (Lipinski definition) is 4. The van der Waals surface area contributed by atoms with Gasteiger partial charge in [0.2, 0.25) is 0 Å². The molecule has 1 fully saturated rings. The van der Waals surface area contributed by atoms with Crippen molar-refractivity contribution in [2.75, 3.05) is 16.8 Å². The summed E-state index contributed by atoms with van der Waals surface area (Å²) in [6, 6.07) is 6.70. The first-order valence-electron chi connectivity index (χ1n) is 8.42. The molecular weight excluding hydrogens is 357 g/mol. The van der Waals surface area contributed by atoms with E-state index in [4.69, 9.17) is 0 Å². The molecule has 26 heavy (non-hydrogen) atoms. The van der Waals surface area contributed by atoms with Gasteiger partial charge in [-0.3, -0.25) is 4.79 Å². The molecule has 0 radical (unpaired) electrons. The number of nitrogens with zero attached hydrogens (tertiary/aromatic N) is 2. The first-order valence-corrected chi connectivity index (χ1v) is 10.2. The third kappa shape index (κ3) is 3.95. The number of sulfone groups is 1. The van der Waals surface area contributed by atoms with E-state index in [9.17, 15) is 17.6 Å². The van der Waals surface area contributed by atoms with Crippen LogP contribution < -0.4 is 5.32 Å². The van der Waals surface area contributed by atoms with Gasteiger partial charge in [0.05, 0.1) is 23.2 Å². The highest BCUT2D eigenvalue weighted by Crippen LogP contribution is 2.31. The number of carbonyl (C=O) groups is 1. The number of aromatic nitrogens is 2. The van der Waals surface area contributed by atoms with E-state index in [2.05, 4.69) is 10.4 Å². The van der Waals surface area contributed by atoms with E-state index < -0.39 is 21.6 Å². The molecule has 3 rings (SSSR count). The molecule has 6 nitrogen and oxygen atoms in total. The summed E-state index contributed by atoms with van der Waals surface area (Å²) in [5.41, 5.74) is 0.824. The van der Waals surface area contributed by atoms with Gasteiger partial charge in [0.15, 0.2) is 9.84 Å². The average molecular weight is 379 g/mol. The van der Waals surface area contributed by atoms with Gasteiger partial charge >= 0.3 is 0 Å². The van der Waals surface area contributed by atoms with Crippen LogP contribution in [0.4, 0.5) is 10.2 Å². The van der Waals surface area contributed by atoms with Crippen LogP contribution in [0.2, 0.25) is 0 Å². The molecule has 1 aliphatic rings. The van der Waals surface area contributed by atoms with Gasteiger partial charge in [-0.15, -0.1) is 0 Å². The third-order valence-corrected chi connectivity index (χ3v) is 6.16. The van der Waals surface area contributed by atoms with Crippen molar-refractivity contribution in [1.29, 1.82) is 0 Å². The molecule has 0 saturated carbocycles. The van der Waals surface area contributed by atoms with Crippen LogP contribution in [0, 0.1) is 5.82 Å². The van der Waals surface area contributed by atoms with Crippen molar-refractivity contribution in [3.63, 3.8) is 0 Å². The SMILES string of the molecule is CC(C)(C)c1cc(NC(=O)c2ccc(F)cc2)n([C@H]2CCS(=O)(=O)C2)n1. The summed E-state index contributed by atoms with van der Waals surface area (Å²) < 4.78 is 38.3. The quantitative estimate of drug-likeness (QED) is 0.889. The van der Waals surface area contributed by atoms with E-state index in [1.54, 1.807) is 10.7 Å². The number of carbonyl (C=O) groups excluding carboxylic acids is 1. The Morgan fingerprint density at radius 1 is 1.27 bits per heavy atom. The fraction of sp³-hybridized carbons (Fsp3) is 0.444. The molecule has 1 aromatic heterocycles. The summed E-state index contributed by atoms with van der Waals surface area (Å²) in [5.74, 6) is -0.234. The number of nitrogens with one attached hydrogen (secondary N) is 1. The van der Waals surface area contributed by atoms with E-state index in [-0.39, 0.29) is 23.0 Å². The topological polar surface area (TPSA) is 81.1 Å². The van der Waals surface area contributed by atoms with Gasteiger partial charge in [-0.05, 0) is 30.7 Å². The number of anilines is 1. The average Bonchev–Trinajstić information content (AvgIpc) is 3.10. The predicted octanol–water partition coefficient (Wildman–Crippen LogP) is 2.93. The van der Waals surface area contributed by atoms with Crippen LogP contribution in [-0.4, -0.2) is 35.6 Å². The van der Waals surface area contributed by atoms with Crippen LogP contribution in [0.3, 0.4) is 0 Å². The molecule has 140 valence electrons. The van der Waals surface area contributed by atoms with E-state index in [0.29, 0.717) is 17.8 Å². The molecule has 0 spiro atoms. The highest BCUT2D eigenvalue weighted by molar-refractivity contribution is 7.91. The Bertz CT molecular complexity index is 928. The maximum atomic E-state index is 13.1. The summed E-state index contributed by atoms with van der Waals surface area (Å²) in [5, 5.41) is 7.35. The lowest BCUT2D eigenvalue weighted by atomic mass is 9.92. The normalized spacial score (nSPS) is 19.5. The minimum Gasteiger partial charge on any atom is -0.307 e. The molecule has 1 saturated heterocycles. The first-order chi connectivity index (χ1) is 12.0. The number of hydrogen-bond donors (Lipinski definition) is 1. The molecule has 0 unspecified atom stereocenters. The van der Waals surface area contributed by atoms with Gasteiger partial charge in [-0.1, -0.05) is 20.8 Å². The summed E-state index contributed by atoms with van der Waals surface area (Å²) in [7, 11) is -3.09. The zero-order valence-corrected chi connectivity index (χ0v) is 15.8. The lowest BCUT2D eigenvalue weighted by Gasteiger charge is -2.15. The van der Waals surface area contributed by atoms with Gasteiger partial charge in [0.1, 0.15) is 11.6 Å². The van der Waals surface area contributed by atoms with E-state index in [1.807, 2.05) is 20.8 Å². The summed E-state index contributed by atoms with van der Waals surface area (Å²) in [6.45, 7) is 5.99. The molecule has 2 heterocycles. The van der Waals surface area contributed by atoms with Gasteiger partial charge in [-0.25, -0.2) is 17.5 Å². The Kier molecular flexibility index (Phi) is 4.64. The van der Waals surface area contributed by atoms with E-state index in [1.165, 1.54) is 24.3 Å². The summed E-state index contributed by atoms with van der Waals surface area (Å²) >= 11 is 0. The molecule has 0 aliphatic carbocycles. The minimum atomic E-state index is -3.09. The largest absolute Gasteiger partial charge is 0.307 e. The van der Waals surface area contributed by atoms with Crippen molar-refractivity contribution in [2.24, 2.45) is 0 Å². The first kappa shape index (κ1) is 18.6. The van der Waals surface area contributed by atoms with Crippen LogP contribution in [0.15, 0.2) is 30.3 Å². The minimum absolute atomic E-state index is 0.0116. The highest BCUT2D eigenvalue weighted by Gasteiger charge is 2.33. The maximum absolute atomic E-state index is 13.1. The van der Waals surface area contributed by atoms with Crippen LogP contribution in [-0.2, 0) is 15.3 Å². The monoisotopic (exact) mass is 379 g/mol. The Morgan fingerprint density at radius 2 is 1.92 bits per heavy atom. The molecule has 1 aliphatic heterocycles. The lowest BCUT2D eigenvalue weighted by Crippen LogP contribution is -2.20. The predicted molar refractivity (Wildman–Crippen MR) is 97.6 cm³/mol. The van der Waals surface area contributed by atoms with Crippen LogP contribution in [0.25, 0.3) is 0 Å². The summed E-state index contributed by atoms with van der Waals surface area (Å²) in [6.07, 6.45) is 0.465. The van der Waals surface area contributed by atoms with Crippen molar-refractivity contribution in [3.05, 3.63) is 47.4 Å².